The third kappa shape index (κ3) is 13.2. The molecule has 0 spiro atoms. The summed E-state index contributed by atoms with van der Waals surface area (Å²) < 4.78 is 36.3. The van der Waals surface area contributed by atoms with Crippen molar-refractivity contribution in [3.63, 3.8) is 0 Å². The number of aliphatic hydroxyl groups is 2. The van der Waals surface area contributed by atoms with Gasteiger partial charge in [0.05, 0.1) is 42.4 Å². The first-order valence-electron chi connectivity index (χ1n) is 23.9. The Balaban J connectivity index is 1.44. The molecule has 0 unspecified atom stereocenters. The van der Waals surface area contributed by atoms with Crippen LogP contribution in [0.5, 0.6) is 0 Å². The van der Waals surface area contributed by atoms with Crippen molar-refractivity contribution in [2.24, 2.45) is 29.6 Å². The van der Waals surface area contributed by atoms with Crippen LogP contribution in [0.4, 0.5) is 5.69 Å². The number of anilines is 1. The van der Waals surface area contributed by atoms with E-state index < -0.39 is 77.8 Å². The number of aromatic nitrogens is 1. The molecule has 5 rings (SSSR count). The summed E-state index contributed by atoms with van der Waals surface area (Å²) in [5.41, 5.74) is 2.19. The van der Waals surface area contributed by atoms with Gasteiger partial charge in [0.15, 0.2) is 0 Å². The SMILES string of the molecule is CC[C@@H]1/C=C(\C)C[C@H](C)C[C@H](OC)[C@H]2O[C@@](O)(C(=O)C(=O)N3CCCC[C@H]3C(=O)O[C@H](/C(C)=C/[C@@H]3CC[C@@H](OCC(=O)Nc4cccnc4)[C@H](OC)C3)[C@H](C)[C@@H](O)CC1=O)[C@H](C)C[C@@H]2OC. The zero-order valence-electron chi connectivity index (χ0n) is 40.4. The van der Waals surface area contributed by atoms with E-state index >= 15 is 0 Å². The molecule has 1 aromatic rings. The van der Waals surface area contributed by atoms with Crippen LogP contribution in [0, 0.1) is 29.6 Å². The number of methoxy groups -OCH3 is 3. The maximum Gasteiger partial charge on any atom is 0.329 e. The fourth-order valence-corrected chi connectivity index (χ4v) is 10.4. The molecule has 0 radical (unpaired) electrons. The second-order valence-electron chi connectivity index (χ2n) is 19.2. The highest BCUT2D eigenvalue weighted by Crippen LogP contribution is 2.39. The summed E-state index contributed by atoms with van der Waals surface area (Å²) in [5.74, 6) is -8.07. The summed E-state index contributed by atoms with van der Waals surface area (Å²) in [7, 11) is 4.65. The second-order valence-corrected chi connectivity index (χ2v) is 19.2. The molecule has 16 nitrogen and oxygen atoms in total. The van der Waals surface area contributed by atoms with Crippen LogP contribution in [0.15, 0.2) is 47.8 Å². The Labute approximate surface area is 390 Å². The molecule has 3 N–H and O–H groups in total. The maximum absolute atomic E-state index is 14.5. The molecule has 66 heavy (non-hydrogen) atoms. The number of carbonyl (C=O) groups is 5. The van der Waals surface area contributed by atoms with Gasteiger partial charge in [-0.25, -0.2) is 4.79 Å². The van der Waals surface area contributed by atoms with Gasteiger partial charge in [-0.1, -0.05) is 45.4 Å². The molecule has 2 amide bonds. The van der Waals surface area contributed by atoms with Crippen LogP contribution < -0.4 is 5.32 Å². The topological polar surface area (TPSA) is 209 Å². The number of cyclic esters (lactones) is 1. The van der Waals surface area contributed by atoms with Crippen LogP contribution in [-0.4, -0.2) is 138 Å². The first-order valence-corrected chi connectivity index (χ1v) is 23.9. The van der Waals surface area contributed by atoms with E-state index in [-0.39, 0.29) is 68.1 Å². The molecule has 3 aliphatic heterocycles. The number of hydrogen-bond acceptors (Lipinski definition) is 14. The molecule has 2 bridgehead atoms. The van der Waals surface area contributed by atoms with Gasteiger partial charge in [-0.05, 0) is 108 Å². The third-order valence-corrected chi connectivity index (χ3v) is 14.2. The van der Waals surface area contributed by atoms with Crippen molar-refractivity contribution in [2.75, 3.05) is 39.8 Å². The lowest BCUT2D eigenvalue weighted by molar-refractivity contribution is -0.302. The molecule has 1 aromatic heterocycles. The average molecular weight is 926 g/mol. The van der Waals surface area contributed by atoms with Gasteiger partial charge in [0.2, 0.25) is 11.7 Å². The van der Waals surface area contributed by atoms with Crippen LogP contribution in [0.25, 0.3) is 0 Å². The molecule has 16 heteroatoms. The Bertz CT molecular complexity index is 1880. The van der Waals surface area contributed by atoms with Crippen molar-refractivity contribution in [1.82, 2.24) is 9.88 Å². The van der Waals surface area contributed by atoms with Gasteiger partial charge < -0.3 is 48.9 Å². The van der Waals surface area contributed by atoms with E-state index in [0.29, 0.717) is 62.6 Å². The number of amides is 2. The number of nitrogens with zero attached hydrogens (tertiary/aromatic N) is 2. The maximum atomic E-state index is 14.5. The van der Waals surface area contributed by atoms with Gasteiger partial charge in [0.25, 0.3) is 11.7 Å². The van der Waals surface area contributed by atoms with E-state index in [9.17, 15) is 34.2 Å². The highest BCUT2D eigenvalue weighted by molar-refractivity contribution is 6.39. The molecule has 0 aromatic carbocycles. The summed E-state index contributed by atoms with van der Waals surface area (Å²) in [4.78, 5) is 75.0. The molecule has 4 heterocycles. The molecule has 368 valence electrons. The Morgan fingerprint density at radius 3 is 2.35 bits per heavy atom. The van der Waals surface area contributed by atoms with Crippen molar-refractivity contribution in [1.29, 1.82) is 0 Å². The zero-order valence-corrected chi connectivity index (χ0v) is 40.4. The molecular weight excluding hydrogens is 851 g/mol. The van der Waals surface area contributed by atoms with Crippen LogP contribution in [-0.2, 0) is 52.4 Å². The normalized spacial score (nSPS) is 36.9. The zero-order chi connectivity index (χ0) is 48.3. The fraction of sp³-hybridized carbons (Fsp3) is 0.720. The Kier molecular flexibility index (Phi) is 19.6. The van der Waals surface area contributed by atoms with Gasteiger partial charge >= 0.3 is 5.97 Å². The summed E-state index contributed by atoms with van der Waals surface area (Å²) >= 11 is 0. The monoisotopic (exact) mass is 926 g/mol. The van der Waals surface area contributed by atoms with E-state index in [1.807, 2.05) is 39.8 Å². The van der Waals surface area contributed by atoms with Gasteiger partial charge in [0.1, 0.15) is 30.6 Å². The summed E-state index contributed by atoms with van der Waals surface area (Å²) in [6.07, 6.45) is 6.83. The van der Waals surface area contributed by atoms with E-state index in [0.717, 1.165) is 5.57 Å². The Morgan fingerprint density at radius 2 is 1.68 bits per heavy atom. The average Bonchev–Trinajstić information content (AvgIpc) is 3.30. The van der Waals surface area contributed by atoms with Crippen molar-refractivity contribution in [3.05, 3.63) is 47.8 Å². The number of ketones is 2. The van der Waals surface area contributed by atoms with Crippen LogP contribution >= 0.6 is 0 Å². The minimum Gasteiger partial charge on any atom is -0.456 e. The second kappa shape index (κ2) is 24.4. The number of ether oxygens (including phenoxy) is 6. The van der Waals surface area contributed by atoms with E-state index in [1.54, 1.807) is 45.5 Å². The number of esters is 1. The van der Waals surface area contributed by atoms with Crippen molar-refractivity contribution in [2.45, 2.75) is 167 Å². The molecular formula is C50H75N3O13. The van der Waals surface area contributed by atoms with E-state index in [4.69, 9.17) is 28.4 Å². The smallest absolute Gasteiger partial charge is 0.329 e. The van der Waals surface area contributed by atoms with E-state index in [2.05, 4.69) is 10.3 Å². The highest BCUT2D eigenvalue weighted by Gasteiger charge is 2.56. The number of allylic oxidation sites excluding steroid dienone is 3. The molecule has 14 atom stereocenters. The molecule has 3 fully saturated rings. The largest absolute Gasteiger partial charge is 0.456 e. The minimum atomic E-state index is -2.52. The molecule has 1 aliphatic carbocycles. The number of carbonyl (C=O) groups excluding carboxylic acids is 5. The fourth-order valence-electron chi connectivity index (χ4n) is 10.4. The summed E-state index contributed by atoms with van der Waals surface area (Å²) in [5, 5.41) is 26.7. The van der Waals surface area contributed by atoms with Crippen molar-refractivity contribution < 1.29 is 62.6 Å². The number of aliphatic hydroxyl groups excluding tert-OH is 1. The van der Waals surface area contributed by atoms with Crippen molar-refractivity contribution in [3.8, 4) is 0 Å². The summed E-state index contributed by atoms with van der Waals surface area (Å²) in [6, 6.07) is 2.30. The lowest BCUT2D eigenvalue weighted by Gasteiger charge is -2.47. The van der Waals surface area contributed by atoms with Gasteiger partial charge in [-0.2, -0.15) is 0 Å². The first kappa shape index (κ1) is 53.1. The Morgan fingerprint density at radius 1 is 0.970 bits per heavy atom. The standard InChI is InChI=1S/C50H75N3O13/c1-10-35-21-29(2)20-30(3)22-42(62-8)46-43(63-9)24-32(5)50(60,66-46)47(57)48(58)53-19-12-11-15-37(53)49(59)65-45(33(6)38(54)26-39(35)55)31(4)23-34-16-17-40(41(25-34)61-7)64-28-44(56)52-36-14-13-18-51-27-36/h13-14,18,21,23,27,30,32-35,37-38,40-43,45-46,54,60H,10-12,15-17,19-20,22,24-26,28H2,1-9H3,(H,52,56)/b29-21+,31-23+/t30-,32+,33+,34-,35+,37-,38-,40+,41+,42-,43-,45+,46+,50+/m0/s1. The van der Waals surface area contributed by atoms with Gasteiger partial charge in [-0.3, -0.25) is 24.2 Å². The predicted molar refractivity (Wildman–Crippen MR) is 245 cm³/mol. The predicted octanol–water partition coefficient (Wildman–Crippen LogP) is 5.53. The molecule has 2 saturated heterocycles. The number of pyridine rings is 1. The number of nitrogens with one attached hydrogen (secondary N) is 1. The minimum absolute atomic E-state index is 0.0170. The van der Waals surface area contributed by atoms with Gasteiger partial charge in [0, 0.05) is 58.2 Å². The van der Waals surface area contributed by atoms with Crippen LogP contribution in [0.1, 0.15) is 112 Å². The molecule has 4 aliphatic rings. The number of fused-ring (bicyclic) bond motifs is 3. The lowest BCUT2D eigenvalue weighted by Crippen LogP contribution is -2.64. The quantitative estimate of drug-likeness (QED) is 0.150. The first-order chi connectivity index (χ1) is 31.4. The van der Waals surface area contributed by atoms with Crippen LogP contribution in [0.3, 0.4) is 0 Å². The molecule has 1 saturated carbocycles. The number of rotatable bonds is 10. The number of piperidine rings is 1. The third-order valence-electron chi connectivity index (χ3n) is 14.2. The Hall–Kier alpha value is -3.90. The number of hydrogen-bond donors (Lipinski definition) is 3. The highest BCUT2D eigenvalue weighted by atomic mass is 16.7. The van der Waals surface area contributed by atoms with Gasteiger partial charge in [-0.15, -0.1) is 0 Å². The lowest BCUT2D eigenvalue weighted by atomic mass is 9.81. The van der Waals surface area contributed by atoms with Crippen molar-refractivity contribution >= 4 is 35.0 Å². The van der Waals surface area contributed by atoms with Crippen LogP contribution in [0.2, 0.25) is 0 Å². The number of Topliss-reactive ketones (excluding diaryl/α,β-unsaturated/α-hetero) is 2. The van der Waals surface area contributed by atoms with E-state index in [1.165, 1.54) is 19.1 Å². The summed E-state index contributed by atoms with van der Waals surface area (Å²) in [6.45, 7) is 11.0.